The minimum absolute atomic E-state index is 0.211. The fourth-order valence-corrected chi connectivity index (χ4v) is 3.76. The Kier molecular flexibility index (Phi) is 13.5. The maximum atomic E-state index is 11.2. The van der Waals surface area contributed by atoms with Gasteiger partial charge in [0.25, 0.3) is 0 Å². The molecule has 0 aliphatic heterocycles. The predicted octanol–water partition coefficient (Wildman–Crippen LogP) is 7.13. The Labute approximate surface area is 196 Å². The molecule has 1 aromatic rings. The van der Waals surface area contributed by atoms with Crippen molar-refractivity contribution in [3.05, 3.63) is 53.8 Å². The van der Waals surface area contributed by atoms with E-state index in [0.29, 0.717) is 6.61 Å². The molecule has 180 valence electrons. The van der Waals surface area contributed by atoms with Gasteiger partial charge in [-0.3, -0.25) is 4.79 Å². The van der Waals surface area contributed by atoms with Gasteiger partial charge < -0.3 is 14.8 Å². The number of carbonyl (C=O) groups excluding carboxylic acids is 1. The number of ether oxygens (including phenoxy) is 2. The lowest BCUT2D eigenvalue weighted by Crippen LogP contribution is -2.29. The van der Waals surface area contributed by atoms with E-state index in [1.165, 1.54) is 44.1 Å². The van der Waals surface area contributed by atoms with Crippen molar-refractivity contribution in [3.63, 3.8) is 0 Å². The Hall–Kier alpha value is -2.23. The Morgan fingerprint density at radius 2 is 1.69 bits per heavy atom. The van der Waals surface area contributed by atoms with Crippen molar-refractivity contribution in [2.45, 2.75) is 86.0 Å². The van der Waals surface area contributed by atoms with Gasteiger partial charge >= 0.3 is 5.97 Å². The fourth-order valence-electron chi connectivity index (χ4n) is 3.76. The molecular weight excluding hydrogens is 398 g/mol. The SMILES string of the molecule is C=C1C=C(NCC(=O)OCC)CC(C)(C)C1.CCCCCCCCOc1ccc(C)cc1. The first-order valence-corrected chi connectivity index (χ1v) is 12.2. The first kappa shape index (κ1) is 27.8. The molecule has 0 bridgehead atoms. The van der Waals surface area contributed by atoms with Crippen molar-refractivity contribution in [1.29, 1.82) is 0 Å². The molecule has 2 rings (SSSR count). The molecule has 1 aliphatic rings. The molecule has 0 saturated carbocycles. The number of nitrogens with one attached hydrogen (secondary N) is 1. The van der Waals surface area contributed by atoms with Gasteiger partial charge in [-0.2, -0.15) is 0 Å². The van der Waals surface area contributed by atoms with E-state index in [2.05, 4.69) is 51.7 Å². The summed E-state index contributed by atoms with van der Waals surface area (Å²) in [6.45, 7) is 16.1. The van der Waals surface area contributed by atoms with E-state index in [9.17, 15) is 4.79 Å². The normalized spacial score (nSPS) is 14.7. The highest BCUT2D eigenvalue weighted by Crippen LogP contribution is 2.36. The molecule has 0 unspecified atom stereocenters. The molecule has 0 radical (unpaired) electrons. The molecular formula is C28H45NO3. The zero-order chi connectivity index (χ0) is 23.8. The number of benzene rings is 1. The summed E-state index contributed by atoms with van der Waals surface area (Å²) in [5.41, 5.74) is 3.70. The third-order valence-corrected chi connectivity index (χ3v) is 5.31. The van der Waals surface area contributed by atoms with Crippen molar-refractivity contribution in [2.24, 2.45) is 5.41 Å². The second-order valence-corrected chi connectivity index (χ2v) is 9.43. The van der Waals surface area contributed by atoms with Crippen LogP contribution in [0.15, 0.2) is 48.2 Å². The summed E-state index contributed by atoms with van der Waals surface area (Å²) >= 11 is 0. The fraction of sp³-hybridized carbons (Fsp3) is 0.607. The lowest BCUT2D eigenvalue weighted by molar-refractivity contribution is -0.141. The van der Waals surface area contributed by atoms with Gasteiger partial charge in [-0.05, 0) is 56.7 Å². The number of unbranched alkanes of at least 4 members (excludes halogenated alkanes) is 5. The second-order valence-electron chi connectivity index (χ2n) is 9.43. The van der Waals surface area contributed by atoms with Crippen LogP contribution in [0.2, 0.25) is 0 Å². The maximum absolute atomic E-state index is 11.2. The first-order valence-electron chi connectivity index (χ1n) is 12.2. The smallest absolute Gasteiger partial charge is 0.325 e. The van der Waals surface area contributed by atoms with E-state index in [-0.39, 0.29) is 17.9 Å². The Bertz CT molecular complexity index is 704. The number of allylic oxidation sites excluding steroid dienone is 3. The average Bonchev–Trinajstić information content (AvgIpc) is 2.72. The molecule has 32 heavy (non-hydrogen) atoms. The summed E-state index contributed by atoms with van der Waals surface area (Å²) in [6.07, 6.45) is 11.9. The van der Waals surface area contributed by atoms with Gasteiger partial charge in [0.15, 0.2) is 0 Å². The molecule has 0 atom stereocenters. The maximum Gasteiger partial charge on any atom is 0.325 e. The van der Waals surface area contributed by atoms with E-state index in [1.807, 2.05) is 25.1 Å². The molecule has 0 aromatic heterocycles. The largest absolute Gasteiger partial charge is 0.494 e. The molecule has 0 spiro atoms. The van der Waals surface area contributed by atoms with E-state index in [4.69, 9.17) is 9.47 Å². The summed E-state index contributed by atoms with van der Waals surface area (Å²) in [7, 11) is 0. The summed E-state index contributed by atoms with van der Waals surface area (Å²) in [5, 5.41) is 3.12. The van der Waals surface area contributed by atoms with Crippen LogP contribution < -0.4 is 10.1 Å². The molecule has 0 heterocycles. The number of esters is 1. The van der Waals surface area contributed by atoms with Gasteiger partial charge in [0, 0.05) is 5.70 Å². The van der Waals surface area contributed by atoms with Crippen LogP contribution in [0.25, 0.3) is 0 Å². The summed E-state index contributed by atoms with van der Waals surface area (Å²) in [4.78, 5) is 11.2. The molecule has 4 nitrogen and oxygen atoms in total. The highest BCUT2D eigenvalue weighted by Gasteiger charge is 2.24. The van der Waals surface area contributed by atoms with Gasteiger partial charge in [0.05, 0.1) is 13.2 Å². The molecule has 1 aliphatic carbocycles. The van der Waals surface area contributed by atoms with E-state index < -0.39 is 0 Å². The highest BCUT2D eigenvalue weighted by molar-refractivity contribution is 5.71. The van der Waals surface area contributed by atoms with Crippen LogP contribution in [0, 0.1) is 12.3 Å². The van der Waals surface area contributed by atoms with Gasteiger partial charge in [-0.15, -0.1) is 0 Å². The van der Waals surface area contributed by atoms with Crippen LogP contribution >= 0.6 is 0 Å². The predicted molar refractivity (Wildman–Crippen MR) is 135 cm³/mol. The number of aryl methyl sites for hydroxylation is 1. The van der Waals surface area contributed by atoms with Crippen LogP contribution in [0.4, 0.5) is 0 Å². The lowest BCUT2D eigenvalue weighted by Gasteiger charge is -2.31. The lowest BCUT2D eigenvalue weighted by atomic mass is 9.77. The third-order valence-electron chi connectivity index (χ3n) is 5.31. The van der Waals surface area contributed by atoms with Gasteiger partial charge in [-0.25, -0.2) is 0 Å². The molecule has 0 amide bonds. The van der Waals surface area contributed by atoms with Crippen molar-refractivity contribution in [2.75, 3.05) is 19.8 Å². The zero-order valence-corrected chi connectivity index (χ0v) is 21.1. The number of carbonyl (C=O) groups is 1. The number of rotatable bonds is 12. The standard InChI is InChI=1S/C15H24O.C13H21NO2/c1-3-4-5-6-7-8-13-16-15-11-9-14(2)10-12-15;1-5-16-12(15)9-14-11-6-10(2)7-13(3,4)8-11/h9-12H,3-8,13H2,1-2H3;6,14H,2,5,7-9H2,1,3-4H3. The number of hydrogen-bond acceptors (Lipinski definition) is 4. The highest BCUT2D eigenvalue weighted by atomic mass is 16.5. The summed E-state index contributed by atoms with van der Waals surface area (Å²) < 4.78 is 10.5. The minimum atomic E-state index is -0.211. The van der Waals surface area contributed by atoms with Crippen LogP contribution in [0.5, 0.6) is 5.75 Å². The van der Waals surface area contributed by atoms with Crippen LogP contribution in [0.1, 0.15) is 84.6 Å². The molecule has 0 fully saturated rings. The van der Waals surface area contributed by atoms with Gasteiger partial charge in [0.1, 0.15) is 12.3 Å². The van der Waals surface area contributed by atoms with E-state index in [1.54, 1.807) is 0 Å². The van der Waals surface area contributed by atoms with E-state index in [0.717, 1.165) is 36.5 Å². The van der Waals surface area contributed by atoms with Crippen LogP contribution in [-0.2, 0) is 9.53 Å². The Morgan fingerprint density at radius 1 is 1.03 bits per heavy atom. The van der Waals surface area contributed by atoms with Crippen molar-refractivity contribution in [3.8, 4) is 5.75 Å². The van der Waals surface area contributed by atoms with Crippen LogP contribution in [-0.4, -0.2) is 25.7 Å². The molecule has 1 N–H and O–H groups in total. The Balaban J connectivity index is 0.000000320. The summed E-state index contributed by atoms with van der Waals surface area (Å²) in [6, 6.07) is 8.28. The number of hydrogen-bond donors (Lipinski definition) is 1. The van der Waals surface area contributed by atoms with Crippen molar-refractivity contribution < 1.29 is 14.3 Å². The second kappa shape index (κ2) is 15.6. The zero-order valence-electron chi connectivity index (χ0n) is 21.1. The van der Waals surface area contributed by atoms with E-state index >= 15 is 0 Å². The minimum Gasteiger partial charge on any atom is -0.494 e. The Morgan fingerprint density at radius 3 is 2.31 bits per heavy atom. The van der Waals surface area contributed by atoms with Crippen LogP contribution in [0.3, 0.4) is 0 Å². The molecule has 4 heteroatoms. The van der Waals surface area contributed by atoms with Crippen molar-refractivity contribution >= 4 is 5.97 Å². The van der Waals surface area contributed by atoms with Gasteiger partial charge in [0.2, 0.25) is 0 Å². The monoisotopic (exact) mass is 443 g/mol. The van der Waals surface area contributed by atoms with Crippen molar-refractivity contribution in [1.82, 2.24) is 5.32 Å². The quantitative estimate of drug-likeness (QED) is 0.276. The topological polar surface area (TPSA) is 47.6 Å². The third kappa shape index (κ3) is 13.2. The molecule has 1 aromatic carbocycles. The van der Waals surface area contributed by atoms with Gasteiger partial charge in [-0.1, -0.05) is 82.7 Å². The average molecular weight is 444 g/mol. The summed E-state index contributed by atoms with van der Waals surface area (Å²) in [5.74, 6) is 0.788. The molecule has 0 saturated heterocycles. The first-order chi connectivity index (χ1) is 15.3.